The minimum Gasteiger partial charge on any atom is -0.309 e. The van der Waals surface area contributed by atoms with Gasteiger partial charge in [-0.1, -0.05) is 18.2 Å². The molecule has 1 atom stereocenters. The second-order valence-electron chi connectivity index (χ2n) is 5.31. The minimum absolute atomic E-state index is 0.201. The summed E-state index contributed by atoms with van der Waals surface area (Å²) in [5, 5.41) is 3.66. The largest absolute Gasteiger partial charge is 0.309 e. The van der Waals surface area contributed by atoms with Gasteiger partial charge in [0.25, 0.3) is 5.56 Å². The van der Waals surface area contributed by atoms with Crippen molar-refractivity contribution < 1.29 is 8.78 Å². The lowest BCUT2D eigenvalue weighted by molar-refractivity contribution is 0.499. The quantitative estimate of drug-likeness (QED) is 0.778. The Kier molecular flexibility index (Phi) is 4.16. The molecule has 2 aromatic carbocycles. The lowest BCUT2D eigenvalue weighted by Gasteiger charge is -2.14. The highest BCUT2D eigenvalue weighted by Gasteiger charge is 2.10. The Bertz CT molecular complexity index is 908. The molecule has 0 aliphatic rings. The summed E-state index contributed by atoms with van der Waals surface area (Å²) < 4.78 is 26.2. The zero-order valence-corrected chi connectivity index (χ0v) is 12.4. The van der Waals surface area contributed by atoms with Gasteiger partial charge in [-0.15, -0.1) is 0 Å². The number of aromatic nitrogens is 2. The van der Waals surface area contributed by atoms with Crippen LogP contribution >= 0.6 is 0 Å². The first kappa shape index (κ1) is 15.3. The number of halogens is 2. The van der Waals surface area contributed by atoms with Gasteiger partial charge in [-0.3, -0.25) is 4.79 Å². The number of para-hydroxylation sites is 1. The van der Waals surface area contributed by atoms with Crippen molar-refractivity contribution in [1.29, 1.82) is 0 Å². The van der Waals surface area contributed by atoms with Crippen LogP contribution in [0.2, 0.25) is 0 Å². The fourth-order valence-electron chi connectivity index (χ4n) is 2.37. The van der Waals surface area contributed by atoms with E-state index in [1.165, 1.54) is 6.07 Å². The smallest absolute Gasteiger partial charge is 0.258 e. The maximum absolute atomic E-state index is 13.3. The van der Waals surface area contributed by atoms with Crippen LogP contribution in [0, 0.1) is 11.6 Å². The van der Waals surface area contributed by atoms with Crippen LogP contribution < -0.4 is 10.9 Å². The monoisotopic (exact) mass is 315 g/mol. The van der Waals surface area contributed by atoms with Gasteiger partial charge in [-0.2, -0.15) is 0 Å². The number of rotatable bonds is 4. The molecule has 0 radical (unpaired) electrons. The third-order valence-electron chi connectivity index (χ3n) is 3.68. The predicted octanol–water partition coefficient (Wildman–Crippen LogP) is 3.05. The fourth-order valence-corrected chi connectivity index (χ4v) is 2.37. The van der Waals surface area contributed by atoms with Crippen LogP contribution in [0.3, 0.4) is 0 Å². The highest BCUT2D eigenvalue weighted by Crippen LogP contribution is 2.16. The summed E-state index contributed by atoms with van der Waals surface area (Å²) in [5.74, 6) is -1.27. The first-order chi connectivity index (χ1) is 11.0. The van der Waals surface area contributed by atoms with Crippen molar-refractivity contribution in [3.63, 3.8) is 0 Å². The van der Waals surface area contributed by atoms with Gasteiger partial charge in [0.05, 0.1) is 17.4 Å². The zero-order valence-electron chi connectivity index (χ0n) is 12.4. The molecule has 0 bridgehead atoms. The molecule has 0 fully saturated rings. The Balaban J connectivity index is 1.77. The Morgan fingerprint density at radius 3 is 2.74 bits per heavy atom. The first-order valence-corrected chi connectivity index (χ1v) is 7.21. The van der Waals surface area contributed by atoms with Crippen LogP contribution in [0.15, 0.2) is 47.3 Å². The van der Waals surface area contributed by atoms with Gasteiger partial charge in [0, 0.05) is 6.04 Å². The SMILES string of the molecule is C[C@H](NCc1nc2ccccc2c(=O)[nH]1)c1ccc(F)c(F)c1. The van der Waals surface area contributed by atoms with E-state index >= 15 is 0 Å². The number of hydrogen-bond acceptors (Lipinski definition) is 3. The van der Waals surface area contributed by atoms with Crippen LogP contribution in [0.5, 0.6) is 0 Å². The van der Waals surface area contributed by atoms with Crippen molar-refractivity contribution >= 4 is 10.9 Å². The van der Waals surface area contributed by atoms with E-state index in [4.69, 9.17) is 0 Å². The van der Waals surface area contributed by atoms with E-state index in [0.29, 0.717) is 28.8 Å². The molecule has 0 spiro atoms. The standard InChI is InChI=1S/C17H15F2N3O/c1-10(11-6-7-13(18)14(19)8-11)20-9-16-21-15-5-3-2-4-12(15)17(23)22-16/h2-8,10,20H,9H2,1H3,(H,21,22,23)/t10-/m0/s1. The van der Waals surface area contributed by atoms with Gasteiger partial charge in [0.1, 0.15) is 5.82 Å². The molecule has 1 heterocycles. The van der Waals surface area contributed by atoms with Crippen molar-refractivity contribution in [2.75, 3.05) is 0 Å². The van der Waals surface area contributed by atoms with Gasteiger partial charge in [-0.05, 0) is 36.8 Å². The Hall–Kier alpha value is -2.60. The third-order valence-corrected chi connectivity index (χ3v) is 3.68. The lowest BCUT2D eigenvalue weighted by atomic mass is 10.1. The lowest BCUT2D eigenvalue weighted by Crippen LogP contribution is -2.22. The van der Waals surface area contributed by atoms with Gasteiger partial charge in [0.15, 0.2) is 11.6 Å². The topological polar surface area (TPSA) is 57.8 Å². The Morgan fingerprint density at radius 1 is 1.17 bits per heavy atom. The highest BCUT2D eigenvalue weighted by molar-refractivity contribution is 5.77. The molecule has 0 saturated heterocycles. The second kappa shape index (κ2) is 6.26. The van der Waals surface area contributed by atoms with Crippen LogP contribution in [-0.2, 0) is 6.54 Å². The molecule has 4 nitrogen and oxygen atoms in total. The Morgan fingerprint density at radius 2 is 1.96 bits per heavy atom. The number of fused-ring (bicyclic) bond motifs is 1. The molecule has 0 aliphatic carbocycles. The van der Waals surface area contributed by atoms with Crippen LogP contribution in [0.1, 0.15) is 24.4 Å². The molecule has 6 heteroatoms. The van der Waals surface area contributed by atoms with E-state index < -0.39 is 11.6 Å². The molecule has 23 heavy (non-hydrogen) atoms. The second-order valence-corrected chi connectivity index (χ2v) is 5.31. The molecule has 0 aliphatic heterocycles. The van der Waals surface area contributed by atoms with E-state index in [-0.39, 0.29) is 11.6 Å². The minimum atomic E-state index is -0.881. The summed E-state index contributed by atoms with van der Waals surface area (Å²) in [6.07, 6.45) is 0. The molecular formula is C17H15F2N3O. The van der Waals surface area contributed by atoms with E-state index in [0.717, 1.165) is 12.1 Å². The molecule has 0 saturated carbocycles. The maximum atomic E-state index is 13.3. The molecule has 3 rings (SSSR count). The zero-order chi connectivity index (χ0) is 16.4. The molecule has 2 N–H and O–H groups in total. The van der Waals surface area contributed by atoms with Gasteiger partial charge in [0.2, 0.25) is 0 Å². The van der Waals surface area contributed by atoms with Gasteiger partial charge >= 0.3 is 0 Å². The summed E-state index contributed by atoms with van der Waals surface area (Å²) in [6.45, 7) is 2.13. The van der Waals surface area contributed by atoms with E-state index in [2.05, 4.69) is 15.3 Å². The average molecular weight is 315 g/mol. The molecule has 1 aromatic heterocycles. The van der Waals surface area contributed by atoms with Crippen LogP contribution in [-0.4, -0.2) is 9.97 Å². The summed E-state index contributed by atoms with van der Waals surface area (Å²) in [7, 11) is 0. The number of H-pyrrole nitrogens is 1. The summed E-state index contributed by atoms with van der Waals surface area (Å²) in [5.41, 5.74) is 1.04. The van der Waals surface area contributed by atoms with Crippen molar-refractivity contribution in [2.45, 2.75) is 19.5 Å². The number of benzene rings is 2. The van der Waals surface area contributed by atoms with Gasteiger partial charge < -0.3 is 10.3 Å². The first-order valence-electron chi connectivity index (χ1n) is 7.21. The fraction of sp³-hybridized carbons (Fsp3) is 0.176. The molecule has 3 aromatic rings. The van der Waals surface area contributed by atoms with E-state index in [1.54, 1.807) is 18.2 Å². The maximum Gasteiger partial charge on any atom is 0.258 e. The Labute approximate surface area is 131 Å². The normalized spacial score (nSPS) is 12.5. The average Bonchev–Trinajstić information content (AvgIpc) is 2.55. The van der Waals surface area contributed by atoms with Crippen LogP contribution in [0.25, 0.3) is 10.9 Å². The van der Waals surface area contributed by atoms with E-state index in [1.807, 2.05) is 13.0 Å². The third kappa shape index (κ3) is 3.27. The van der Waals surface area contributed by atoms with Crippen molar-refractivity contribution in [1.82, 2.24) is 15.3 Å². The number of aromatic amines is 1. The van der Waals surface area contributed by atoms with Crippen LogP contribution in [0.4, 0.5) is 8.78 Å². The van der Waals surface area contributed by atoms with E-state index in [9.17, 15) is 13.6 Å². The van der Waals surface area contributed by atoms with Crippen molar-refractivity contribution in [3.05, 3.63) is 75.8 Å². The number of hydrogen-bond donors (Lipinski definition) is 2. The summed E-state index contributed by atoms with van der Waals surface area (Å²) in [6, 6.07) is 10.6. The molecule has 0 amide bonds. The molecule has 118 valence electrons. The number of nitrogens with zero attached hydrogens (tertiary/aromatic N) is 1. The van der Waals surface area contributed by atoms with Gasteiger partial charge in [-0.25, -0.2) is 13.8 Å². The summed E-state index contributed by atoms with van der Waals surface area (Å²) in [4.78, 5) is 19.1. The molecular weight excluding hydrogens is 300 g/mol. The van der Waals surface area contributed by atoms with Crippen molar-refractivity contribution in [3.8, 4) is 0 Å². The summed E-state index contributed by atoms with van der Waals surface area (Å²) >= 11 is 0. The molecule has 0 unspecified atom stereocenters. The predicted molar refractivity (Wildman–Crippen MR) is 84.0 cm³/mol. The van der Waals surface area contributed by atoms with Crippen molar-refractivity contribution in [2.24, 2.45) is 0 Å². The number of nitrogens with one attached hydrogen (secondary N) is 2. The highest BCUT2D eigenvalue weighted by atomic mass is 19.2.